The maximum Gasteiger partial charge on any atom is 0.303 e. The number of carbonyl (C=O) groups is 2. The Labute approximate surface area is 104 Å². The van der Waals surface area contributed by atoms with Gasteiger partial charge in [-0.05, 0) is 32.0 Å². The highest BCUT2D eigenvalue weighted by molar-refractivity contribution is 6.03. The SMILES string of the molecule is CC(=O)OC(C)(C)C(=O)c1ccc(F)c(C#N)c1. The summed E-state index contributed by atoms with van der Waals surface area (Å²) in [4.78, 5) is 23.0. The van der Waals surface area contributed by atoms with E-state index >= 15 is 0 Å². The summed E-state index contributed by atoms with van der Waals surface area (Å²) in [6.07, 6.45) is 0. The molecule has 0 amide bonds. The highest BCUT2D eigenvalue weighted by Crippen LogP contribution is 2.19. The Morgan fingerprint density at radius 2 is 2.00 bits per heavy atom. The van der Waals surface area contributed by atoms with Crippen LogP contribution in [-0.2, 0) is 9.53 Å². The molecule has 0 fully saturated rings. The van der Waals surface area contributed by atoms with Crippen molar-refractivity contribution in [2.45, 2.75) is 26.4 Å². The molecule has 5 heteroatoms. The first-order valence-corrected chi connectivity index (χ1v) is 5.22. The van der Waals surface area contributed by atoms with Gasteiger partial charge in [0.15, 0.2) is 5.60 Å². The van der Waals surface area contributed by atoms with Crippen LogP contribution in [0, 0.1) is 17.1 Å². The lowest BCUT2D eigenvalue weighted by atomic mass is 9.95. The summed E-state index contributed by atoms with van der Waals surface area (Å²) >= 11 is 0. The van der Waals surface area contributed by atoms with Gasteiger partial charge in [0, 0.05) is 12.5 Å². The summed E-state index contributed by atoms with van der Waals surface area (Å²) < 4.78 is 18.0. The van der Waals surface area contributed by atoms with Crippen molar-refractivity contribution in [2.24, 2.45) is 0 Å². The topological polar surface area (TPSA) is 67.2 Å². The van der Waals surface area contributed by atoms with Crippen LogP contribution in [0.15, 0.2) is 18.2 Å². The minimum atomic E-state index is -1.35. The Balaban J connectivity index is 3.12. The maximum absolute atomic E-state index is 13.1. The van der Waals surface area contributed by atoms with Crippen molar-refractivity contribution in [1.82, 2.24) is 0 Å². The third-order valence-corrected chi connectivity index (χ3v) is 2.29. The largest absolute Gasteiger partial charge is 0.451 e. The molecular weight excluding hydrogens is 237 g/mol. The van der Waals surface area contributed by atoms with Crippen molar-refractivity contribution in [2.75, 3.05) is 0 Å². The summed E-state index contributed by atoms with van der Waals surface area (Å²) in [5, 5.41) is 8.69. The van der Waals surface area contributed by atoms with Crippen LogP contribution < -0.4 is 0 Å². The summed E-state index contributed by atoms with van der Waals surface area (Å²) in [7, 11) is 0. The van der Waals surface area contributed by atoms with Crippen LogP contribution in [0.1, 0.15) is 36.7 Å². The summed E-state index contributed by atoms with van der Waals surface area (Å²) in [5.74, 6) is -1.77. The highest BCUT2D eigenvalue weighted by Gasteiger charge is 2.32. The number of hydrogen-bond donors (Lipinski definition) is 0. The molecule has 0 aliphatic rings. The molecule has 0 saturated carbocycles. The fourth-order valence-corrected chi connectivity index (χ4v) is 1.51. The molecular formula is C13H12FNO3. The monoisotopic (exact) mass is 249 g/mol. The van der Waals surface area contributed by atoms with Crippen LogP contribution in [-0.4, -0.2) is 17.4 Å². The molecule has 0 atom stereocenters. The van der Waals surface area contributed by atoms with Gasteiger partial charge in [0.1, 0.15) is 11.9 Å². The number of ketones is 1. The van der Waals surface area contributed by atoms with Gasteiger partial charge in [0.2, 0.25) is 5.78 Å². The van der Waals surface area contributed by atoms with Crippen LogP contribution in [0.3, 0.4) is 0 Å². The molecule has 0 bridgehead atoms. The van der Waals surface area contributed by atoms with E-state index in [4.69, 9.17) is 10.00 Å². The average molecular weight is 249 g/mol. The highest BCUT2D eigenvalue weighted by atomic mass is 19.1. The van der Waals surface area contributed by atoms with E-state index in [9.17, 15) is 14.0 Å². The number of ether oxygens (including phenoxy) is 1. The van der Waals surface area contributed by atoms with E-state index < -0.39 is 23.2 Å². The predicted octanol–water partition coefficient (Wildman–Crippen LogP) is 2.22. The summed E-state index contributed by atoms with van der Waals surface area (Å²) in [5.41, 5.74) is -1.45. The van der Waals surface area contributed by atoms with Gasteiger partial charge in [0.05, 0.1) is 5.56 Å². The molecule has 0 unspecified atom stereocenters. The Bertz CT molecular complexity index is 544. The van der Waals surface area contributed by atoms with Crippen LogP contribution in [0.2, 0.25) is 0 Å². The Morgan fingerprint density at radius 3 is 2.50 bits per heavy atom. The lowest BCUT2D eigenvalue weighted by Crippen LogP contribution is -2.36. The van der Waals surface area contributed by atoms with E-state index in [0.29, 0.717) is 0 Å². The van der Waals surface area contributed by atoms with Crippen molar-refractivity contribution >= 4 is 11.8 Å². The molecule has 0 aromatic heterocycles. The fraction of sp³-hybridized carbons (Fsp3) is 0.308. The maximum atomic E-state index is 13.1. The molecule has 18 heavy (non-hydrogen) atoms. The second-order valence-corrected chi connectivity index (χ2v) is 4.24. The van der Waals surface area contributed by atoms with Gasteiger partial charge >= 0.3 is 5.97 Å². The molecule has 0 aliphatic carbocycles. The molecule has 0 aliphatic heterocycles. The molecule has 94 valence electrons. The number of nitrogens with zero attached hydrogens (tertiary/aromatic N) is 1. The zero-order valence-corrected chi connectivity index (χ0v) is 10.3. The molecule has 1 aromatic rings. The third-order valence-electron chi connectivity index (χ3n) is 2.29. The first-order chi connectivity index (χ1) is 8.27. The Hall–Kier alpha value is -2.22. The molecule has 1 aromatic carbocycles. The molecule has 0 heterocycles. The number of nitriles is 1. The second-order valence-electron chi connectivity index (χ2n) is 4.24. The number of benzene rings is 1. The molecule has 0 spiro atoms. The minimum Gasteiger partial charge on any atom is -0.451 e. The normalized spacial score (nSPS) is 10.6. The van der Waals surface area contributed by atoms with Gasteiger partial charge in [-0.1, -0.05) is 0 Å². The lowest BCUT2D eigenvalue weighted by molar-refractivity contribution is -0.149. The van der Waals surface area contributed by atoms with Crippen LogP contribution in [0.4, 0.5) is 4.39 Å². The average Bonchev–Trinajstić information content (AvgIpc) is 2.27. The smallest absolute Gasteiger partial charge is 0.303 e. The first-order valence-electron chi connectivity index (χ1n) is 5.22. The second kappa shape index (κ2) is 4.96. The van der Waals surface area contributed by atoms with Gasteiger partial charge in [-0.25, -0.2) is 4.39 Å². The van der Waals surface area contributed by atoms with Crippen LogP contribution in [0.5, 0.6) is 0 Å². The molecule has 0 N–H and O–H groups in total. The number of Topliss-reactive ketones (excluding diaryl/α,β-unsaturated/α-hetero) is 1. The third kappa shape index (κ3) is 2.92. The van der Waals surface area contributed by atoms with Gasteiger partial charge < -0.3 is 4.74 Å². The van der Waals surface area contributed by atoms with Crippen molar-refractivity contribution in [3.63, 3.8) is 0 Å². The summed E-state index contributed by atoms with van der Waals surface area (Å²) in [6, 6.07) is 5.08. The predicted molar refractivity (Wildman–Crippen MR) is 61.3 cm³/mol. The van der Waals surface area contributed by atoms with Crippen LogP contribution in [0.25, 0.3) is 0 Å². The van der Waals surface area contributed by atoms with Crippen molar-refractivity contribution in [3.05, 3.63) is 35.1 Å². The first kappa shape index (κ1) is 13.8. The Kier molecular flexibility index (Phi) is 3.82. The standard InChI is InChI=1S/C13H12FNO3/c1-8(16)18-13(2,3)12(17)9-4-5-11(14)10(6-9)7-15/h4-6H,1-3H3. The number of esters is 1. The number of hydrogen-bond acceptors (Lipinski definition) is 4. The molecule has 1 rings (SSSR count). The molecule has 4 nitrogen and oxygen atoms in total. The zero-order valence-electron chi connectivity index (χ0n) is 10.3. The van der Waals surface area contributed by atoms with Gasteiger partial charge in [0.25, 0.3) is 0 Å². The lowest BCUT2D eigenvalue weighted by Gasteiger charge is -2.22. The molecule has 0 saturated heterocycles. The zero-order chi connectivity index (χ0) is 13.9. The molecule has 0 radical (unpaired) electrons. The van der Waals surface area contributed by atoms with E-state index in [1.54, 1.807) is 6.07 Å². The van der Waals surface area contributed by atoms with E-state index in [2.05, 4.69) is 0 Å². The summed E-state index contributed by atoms with van der Waals surface area (Å²) in [6.45, 7) is 4.07. The number of rotatable bonds is 3. The fourth-order valence-electron chi connectivity index (χ4n) is 1.51. The Morgan fingerprint density at radius 1 is 1.39 bits per heavy atom. The van der Waals surface area contributed by atoms with Crippen molar-refractivity contribution in [3.8, 4) is 6.07 Å². The van der Waals surface area contributed by atoms with E-state index in [0.717, 1.165) is 12.1 Å². The van der Waals surface area contributed by atoms with Crippen molar-refractivity contribution in [1.29, 1.82) is 5.26 Å². The van der Waals surface area contributed by atoms with Gasteiger partial charge in [-0.2, -0.15) is 5.26 Å². The van der Waals surface area contributed by atoms with Gasteiger partial charge in [-0.3, -0.25) is 9.59 Å². The van der Waals surface area contributed by atoms with Crippen LogP contribution >= 0.6 is 0 Å². The number of carbonyl (C=O) groups excluding carboxylic acids is 2. The minimum absolute atomic E-state index is 0.124. The van der Waals surface area contributed by atoms with E-state index in [1.165, 1.54) is 26.8 Å². The van der Waals surface area contributed by atoms with E-state index in [-0.39, 0.29) is 11.1 Å². The van der Waals surface area contributed by atoms with E-state index in [1.807, 2.05) is 0 Å². The van der Waals surface area contributed by atoms with Crippen molar-refractivity contribution < 1.29 is 18.7 Å². The van der Waals surface area contributed by atoms with Gasteiger partial charge in [-0.15, -0.1) is 0 Å². The quantitative estimate of drug-likeness (QED) is 0.608. The number of halogens is 1.